The van der Waals surface area contributed by atoms with Gasteiger partial charge in [0.25, 0.3) is 0 Å². The quantitative estimate of drug-likeness (QED) is 0.851. The molecule has 0 amide bonds. The normalized spacial score (nSPS) is 20.6. The lowest BCUT2D eigenvalue weighted by molar-refractivity contribution is 0.218. The van der Waals surface area contributed by atoms with Gasteiger partial charge in [-0.1, -0.05) is 0 Å². The van der Waals surface area contributed by atoms with Crippen LogP contribution in [-0.2, 0) is 7.05 Å². The summed E-state index contributed by atoms with van der Waals surface area (Å²) in [4.78, 5) is 2.50. The maximum Gasteiger partial charge on any atom is 0.0538 e. The molecule has 2 heterocycles. The third-order valence-corrected chi connectivity index (χ3v) is 4.08. The monoisotopic (exact) mass is 240 g/mol. The molecule has 0 saturated carbocycles. The van der Waals surface area contributed by atoms with Gasteiger partial charge in [-0.2, -0.15) is 16.9 Å². The van der Waals surface area contributed by atoms with E-state index >= 15 is 0 Å². The number of rotatable bonds is 3. The second-order valence-corrected chi connectivity index (χ2v) is 5.43. The van der Waals surface area contributed by atoms with Gasteiger partial charge in [-0.25, -0.2) is 0 Å². The molecule has 0 aliphatic carbocycles. The zero-order chi connectivity index (χ0) is 11.4. The summed E-state index contributed by atoms with van der Waals surface area (Å²) in [5.74, 6) is 2.50. The first-order valence-electron chi connectivity index (χ1n) is 5.81. The Morgan fingerprint density at radius 1 is 1.50 bits per heavy atom. The van der Waals surface area contributed by atoms with Gasteiger partial charge in [0, 0.05) is 37.7 Å². The van der Waals surface area contributed by atoms with Gasteiger partial charge in [-0.15, -0.1) is 0 Å². The number of thioether (sulfide) groups is 1. The molecule has 1 saturated heterocycles. The highest BCUT2D eigenvalue weighted by Crippen LogP contribution is 2.22. The Bertz CT molecular complexity index is 318. The number of aromatic nitrogens is 2. The second-order valence-electron chi connectivity index (χ2n) is 4.20. The number of nitrogens with two attached hydrogens (primary N) is 1. The smallest absolute Gasteiger partial charge is 0.0538 e. The fourth-order valence-electron chi connectivity index (χ4n) is 2.19. The molecule has 1 aromatic rings. The molecule has 2 rings (SSSR count). The van der Waals surface area contributed by atoms with Crippen LogP contribution in [0.15, 0.2) is 12.4 Å². The standard InChI is InChI=1S/C11H20N4S/c1-14-9-10(8-13-14)11(7-12)15-3-2-5-16-6-4-15/h8-9,11H,2-7,12H2,1H3. The van der Waals surface area contributed by atoms with Crippen LogP contribution in [-0.4, -0.2) is 45.8 Å². The highest BCUT2D eigenvalue weighted by Gasteiger charge is 2.21. The van der Waals surface area contributed by atoms with Crippen LogP contribution in [0.5, 0.6) is 0 Å². The van der Waals surface area contributed by atoms with Crippen molar-refractivity contribution in [2.45, 2.75) is 12.5 Å². The van der Waals surface area contributed by atoms with Gasteiger partial charge in [0.1, 0.15) is 0 Å². The lowest BCUT2D eigenvalue weighted by Gasteiger charge is -2.28. The van der Waals surface area contributed by atoms with Gasteiger partial charge in [0.2, 0.25) is 0 Å². The van der Waals surface area contributed by atoms with Crippen LogP contribution in [0.3, 0.4) is 0 Å². The molecule has 1 aromatic heterocycles. The zero-order valence-corrected chi connectivity index (χ0v) is 10.6. The van der Waals surface area contributed by atoms with Gasteiger partial charge >= 0.3 is 0 Å². The molecule has 0 radical (unpaired) electrons. The summed E-state index contributed by atoms with van der Waals surface area (Å²) in [5.41, 5.74) is 7.16. The highest BCUT2D eigenvalue weighted by molar-refractivity contribution is 7.99. The van der Waals surface area contributed by atoms with Crippen LogP contribution in [0.25, 0.3) is 0 Å². The van der Waals surface area contributed by atoms with Gasteiger partial charge in [0.05, 0.1) is 12.2 Å². The Balaban J connectivity index is 2.08. The zero-order valence-electron chi connectivity index (χ0n) is 9.80. The first kappa shape index (κ1) is 12.0. The molecular formula is C11H20N4S. The summed E-state index contributed by atoms with van der Waals surface area (Å²) in [6.45, 7) is 2.97. The van der Waals surface area contributed by atoms with Crippen molar-refractivity contribution in [2.75, 3.05) is 31.1 Å². The number of hydrogen-bond acceptors (Lipinski definition) is 4. The summed E-state index contributed by atoms with van der Waals surface area (Å²) in [6, 6.07) is 0.340. The average molecular weight is 240 g/mol. The minimum Gasteiger partial charge on any atom is -0.329 e. The maximum atomic E-state index is 5.91. The van der Waals surface area contributed by atoms with E-state index in [1.807, 2.05) is 29.7 Å². The molecule has 1 aliphatic rings. The van der Waals surface area contributed by atoms with Crippen LogP contribution in [0.4, 0.5) is 0 Å². The summed E-state index contributed by atoms with van der Waals surface area (Å²) in [7, 11) is 1.95. The Labute approximate surface area is 101 Å². The fraction of sp³-hybridized carbons (Fsp3) is 0.727. The third-order valence-electron chi connectivity index (χ3n) is 3.03. The van der Waals surface area contributed by atoms with E-state index in [2.05, 4.69) is 16.2 Å². The molecular weight excluding hydrogens is 220 g/mol. The molecule has 1 atom stereocenters. The molecule has 2 N–H and O–H groups in total. The van der Waals surface area contributed by atoms with E-state index < -0.39 is 0 Å². The van der Waals surface area contributed by atoms with E-state index in [9.17, 15) is 0 Å². The first-order valence-corrected chi connectivity index (χ1v) is 6.97. The van der Waals surface area contributed by atoms with Crippen LogP contribution < -0.4 is 5.73 Å². The number of hydrogen-bond donors (Lipinski definition) is 1. The van der Waals surface area contributed by atoms with Crippen LogP contribution in [0, 0.1) is 0 Å². The largest absolute Gasteiger partial charge is 0.329 e. The minimum absolute atomic E-state index is 0.340. The minimum atomic E-state index is 0.340. The Kier molecular flexibility index (Phi) is 4.26. The topological polar surface area (TPSA) is 47.1 Å². The number of aryl methyl sites for hydroxylation is 1. The Hall–Kier alpha value is -0.520. The molecule has 0 spiro atoms. The Morgan fingerprint density at radius 2 is 2.38 bits per heavy atom. The van der Waals surface area contributed by atoms with Crippen molar-refractivity contribution < 1.29 is 0 Å². The molecule has 5 heteroatoms. The lowest BCUT2D eigenvalue weighted by Crippen LogP contribution is -2.35. The summed E-state index contributed by atoms with van der Waals surface area (Å²) in [6.07, 6.45) is 5.28. The van der Waals surface area contributed by atoms with E-state index in [1.54, 1.807) is 0 Å². The van der Waals surface area contributed by atoms with Crippen LogP contribution in [0.2, 0.25) is 0 Å². The molecule has 1 aliphatic heterocycles. The van der Waals surface area contributed by atoms with Gasteiger partial charge in [-0.05, 0) is 18.7 Å². The molecule has 4 nitrogen and oxygen atoms in total. The van der Waals surface area contributed by atoms with Crippen molar-refractivity contribution in [3.63, 3.8) is 0 Å². The van der Waals surface area contributed by atoms with E-state index in [0.717, 1.165) is 13.1 Å². The van der Waals surface area contributed by atoms with E-state index in [1.165, 1.54) is 23.5 Å². The molecule has 0 aromatic carbocycles. The fourth-order valence-corrected chi connectivity index (χ4v) is 3.09. The van der Waals surface area contributed by atoms with Gasteiger partial charge in [0.15, 0.2) is 0 Å². The maximum absolute atomic E-state index is 5.91. The third kappa shape index (κ3) is 2.78. The van der Waals surface area contributed by atoms with Crippen LogP contribution >= 0.6 is 11.8 Å². The van der Waals surface area contributed by atoms with Gasteiger partial charge < -0.3 is 5.73 Å². The summed E-state index contributed by atoms with van der Waals surface area (Å²) in [5, 5.41) is 4.23. The van der Waals surface area contributed by atoms with Crippen molar-refractivity contribution in [1.82, 2.24) is 14.7 Å². The average Bonchev–Trinajstić information content (AvgIpc) is 2.55. The van der Waals surface area contributed by atoms with Crippen LogP contribution in [0.1, 0.15) is 18.0 Å². The lowest BCUT2D eigenvalue weighted by atomic mass is 10.1. The van der Waals surface area contributed by atoms with Gasteiger partial charge in [-0.3, -0.25) is 9.58 Å². The van der Waals surface area contributed by atoms with Crippen molar-refractivity contribution in [1.29, 1.82) is 0 Å². The predicted molar refractivity (Wildman–Crippen MR) is 68.5 cm³/mol. The summed E-state index contributed by atoms with van der Waals surface area (Å²) >= 11 is 2.04. The molecule has 90 valence electrons. The van der Waals surface area contributed by atoms with E-state index in [4.69, 9.17) is 5.73 Å². The SMILES string of the molecule is Cn1cc(C(CN)N2CCCSCC2)cn1. The molecule has 1 unspecified atom stereocenters. The van der Waals surface area contributed by atoms with Crippen molar-refractivity contribution >= 4 is 11.8 Å². The molecule has 16 heavy (non-hydrogen) atoms. The van der Waals surface area contributed by atoms with Crippen molar-refractivity contribution in [3.8, 4) is 0 Å². The van der Waals surface area contributed by atoms with Crippen molar-refractivity contribution in [2.24, 2.45) is 12.8 Å². The predicted octanol–water partition coefficient (Wildman–Crippen LogP) is 0.859. The second kappa shape index (κ2) is 5.70. The van der Waals surface area contributed by atoms with Crippen molar-refractivity contribution in [3.05, 3.63) is 18.0 Å². The molecule has 0 bridgehead atoms. The first-order chi connectivity index (χ1) is 7.81. The highest BCUT2D eigenvalue weighted by atomic mass is 32.2. The van der Waals surface area contributed by atoms with E-state index in [0.29, 0.717) is 12.6 Å². The summed E-state index contributed by atoms with van der Waals surface area (Å²) < 4.78 is 1.85. The van der Waals surface area contributed by atoms with E-state index in [-0.39, 0.29) is 0 Å². The number of nitrogens with zero attached hydrogens (tertiary/aromatic N) is 3. The molecule has 1 fully saturated rings. The Morgan fingerprint density at radius 3 is 3.06 bits per heavy atom.